The van der Waals surface area contributed by atoms with Gasteiger partial charge in [0.05, 0.1) is 11.3 Å². The first-order chi connectivity index (χ1) is 7.91. The second kappa shape index (κ2) is 4.22. The molecule has 0 spiro atoms. The van der Waals surface area contributed by atoms with Crippen molar-refractivity contribution in [3.8, 4) is 0 Å². The maximum atomic E-state index is 13.1. The summed E-state index contributed by atoms with van der Waals surface area (Å²) in [5.74, 6) is 0. The lowest BCUT2D eigenvalue weighted by Crippen LogP contribution is -2.12. The smallest absolute Gasteiger partial charge is 0.259 e. The Labute approximate surface area is 102 Å². The van der Waals surface area contributed by atoms with Crippen LogP contribution in [0.2, 0.25) is 0 Å². The fraction of sp³-hybridized carbons (Fsp3) is 0.250. The molecular formula is C12H10F3NS. The Morgan fingerprint density at radius 2 is 1.88 bits per heavy atom. The molecule has 0 amide bonds. The monoisotopic (exact) mass is 257 g/mol. The van der Waals surface area contributed by atoms with E-state index in [2.05, 4.69) is 17.6 Å². The molecule has 1 atom stereocenters. The molecule has 1 nitrogen and oxygen atoms in total. The quantitative estimate of drug-likeness (QED) is 0.754. The van der Waals surface area contributed by atoms with Crippen LogP contribution in [0.4, 0.5) is 13.2 Å². The number of thiol groups is 1. The van der Waals surface area contributed by atoms with Crippen LogP contribution in [0.25, 0.3) is 10.8 Å². The van der Waals surface area contributed by atoms with Gasteiger partial charge < -0.3 is 0 Å². The molecule has 0 aliphatic heterocycles. The Bertz CT molecular complexity index is 549. The van der Waals surface area contributed by atoms with Crippen LogP contribution in [-0.4, -0.2) is 4.98 Å². The van der Waals surface area contributed by atoms with E-state index in [1.54, 1.807) is 25.1 Å². The zero-order valence-electron chi connectivity index (χ0n) is 8.99. The van der Waals surface area contributed by atoms with Crippen LogP contribution in [0.3, 0.4) is 0 Å². The predicted molar refractivity (Wildman–Crippen MR) is 64.1 cm³/mol. The van der Waals surface area contributed by atoms with Crippen molar-refractivity contribution in [1.29, 1.82) is 0 Å². The number of hydrogen-bond acceptors (Lipinski definition) is 2. The first-order valence-corrected chi connectivity index (χ1v) is 5.56. The van der Waals surface area contributed by atoms with Gasteiger partial charge in [-0.1, -0.05) is 24.3 Å². The van der Waals surface area contributed by atoms with Gasteiger partial charge in [0.1, 0.15) is 0 Å². The summed E-state index contributed by atoms with van der Waals surface area (Å²) in [6, 6.07) is 6.35. The van der Waals surface area contributed by atoms with Gasteiger partial charge in [-0.25, -0.2) is 0 Å². The molecule has 90 valence electrons. The van der Waals surface area contributed by atoms with Gasteiger partial charge in [0.15, 0.2) is 0 Å². The molecule has 0 aliphatic carbocycles. The van der Waals surface area contributed by atoms with E-state index in [0.29, 0.717) is 5.39 Å². The van der Waals surface area contributed by atoms with Gasteiger partial charge in [-0.3, -0.25) is 4.98 Å². The molecule has 1 aromatic heterocycles. The summed E-state index contributed by atoms with van der Waals surface area (Å²) < 4.78 is 39.2. The van der Waals surface area contributed by atoms with Gasteiger partial charge >= 0.3 is 6.18 Å². The highest BCUT2D eigenvalue weighted by Crippen LogP contribution is 2.39. The molecule has 0 aliphatic rings. The van der Waals surface area contributed by atoms with Gasteiger partial charge in [0.25, 0.3) is 0 Å². The van der Waals surface area contributed by atoms with Gasteiger partial charge in [0.2, 0.25) is 0 Å². The average molecular weight is 257 g/mol. The van der Waals surface area contributed by atoms with E-state index in [1.165, 1.54) is 12.3 Å². The molecule has 0 saturated carbocycles. The molecule has 0 N–H and O–H groups in total. The largest absolute Gasteiger partial charge is 0.418 e. The van der Waals surface area contributed by atoms with Gasteiger partial charge in [0, 0.05) is 16.8 Å². The molecule has 17 heavy (non-hydrogen) atoms. The predicted octanol–water partition coefficient (Wildman–Crippen LogP) is 4.24. The van der Waals surface area contributed by atoms with Crippen molar-refractivity contribution in [2.75, 3.05) is 0 Å². The number of hydrogen-bond donors (Lipinski definition) is 1. The maximum absolute atomic E-state index is 13.1. The van der Waals surface area contributed by atoms with Crippen LogP contribution in [0.1, 0.15) is 23.4 Å². The Balaban J connectivity index is 2.85. The number of nitrogens with zero attached hydrogens (tertiary/aromatic N) is 1. The van der Waals surface area contributed by atoms with Crippen LogP contribution in [0.15, 0.2) is 30.5 Å². The van der Waals surface area contributed by atoms with E-state index in [9.17, 15) is 13.2 Å². The Morgan fingerprint density at radius 1 is 1.24 bits per heavy atom. The van der Waals surface area contributed by atoms with Crippen molar-refractivity contribution in [1.82, 2.24) is 4.98 Å². The SMILES string of the molecule is CC(S)c1ncc2ccccc2c1C(F)(F)F. The van der Waals surface area contributed by atoms with Crippen molar-refractivity contribution in [3.63, 3.8) is 0 Å². The molecule has 0 bridgehead atoms. The molecule has 2 rings (SSSR count). The third-order valence-corrected chi connectivity index (χ3v) is 2.75. The van der Waals surface area contributed by atoms with Crippen molar-refractivity contribution in [2.24, 2.45) is 0 Å². The van der Waals surface area contributed by atoms with Gasteiger partial charge in [-0.05, 0) is 12.3 Å². The van der Waals surface area contributed by atoms with Crippen molar-refractivity contribution < 1.29 is 13.2 Å². The van der Waals surface area contributed by atoms with Crippen LogP contribution in [0.5, 0.6) is 0 Å². The number of alkyl halides is 3. The Morgan fingerprint density at radius 3 is 2.47 bits per heavy atom. The topological polar surface area (TPSA) is 12.9 Å². The highest BCUT2D eigenvalue weighted by atomic mass is 32.1. The lowest BCUT2D eigenvalue weighted by molar-refractivity contribution is -0.137. The molecular weight excluding hydrogens is 247 g/mol. The summed E-state index contributed by atoms with van der Waals surface area (Å²) in [4.78, 5) is 3.88. The average Bonchev–Trinajstić information content (AvgIpc) is 2.26. The summed E-state index contributed by atoms with van der Waals surface area (Å²) in [5, 5.41) is 0.0969. The van der Waals surface area contributed by atoms with Crippen LogP contribution < -0.4 is 0 Å². The van der Waals surface area contributed by atoms with Gasteiger partial charge in [-0.2, -0.15) is 25.8 Å². The summed E-state index contributed by atoms with van der Waals surface area (Å²) in [7, 11) is 0. The van der Waals surface area contributed by atoms with Crippen LogP contribution in [-0.2, 0) is 6.18 Å². The molecule has 1 aromatic carbocycles. The van der Waals surface area contributed by atoms with E-state index in [0.717, 1.165) is 0 Å². The molecule has 0 saturated heterocycles. The zero-order chi connectivity index (χ0) is 12.6. The molecule has 1 unspecified atom stereocenters. The minimum Gasteiger partial charge on any atom is -0.259 e. The molecule has 0 radical (unpaired) electrons. The minimum atomic E-state index is -4.42. The van der Waals surface area contributed by atoms with Gasteiger partial charge in [-0.15, -0.1) is 0 Å². The number of pyridine rings is 1. The second-order valence-corrected chi connectivity index (χ2v) is 4.55. The summed E-state index contributed by atoms with van der Waals surface area (Å²) in [6.45, 7) is 1.58. The fourth-order valence-corrected chi connectivity index (χ4v) is 1.99. The Hall–Kier alpha value is -1.23. The zero-order valence-corrected chi connectivity index (χ0v) is 9.89. The summed E-state index contributed by atoms with van der Waals surface area (Å²) in [5.41, 5.74) is -0.711. The van der Waals surface area contributed by atoms with E-state index in [1.807, 2.05) is 0 Å². The molecule has 5 heteroatoms. The highest BCUT2D eigenvalue weighted by Gasteiger charge is 2.36. The van der Waals surface area contributed by atoms with E-state index < -0.39 is 17.0 Å². The first kappa shape index (κ1) is 12.2. The summed E-state index contributed by atoms with van der Waals surface area (Å²) in [6.07, 6.45) is -2.97. The van der Waals surface area contributed by atoms with Crippen molar-refractivity contribution in [2.45, 2.75) is 18.3 Å². The first-order valence-electron chi connectivity index (χ1n) is 5.04. The minimum absolute atomic E-state index is 0.0282. The molecule has 0 fully saturated rings. The maximum Gasteiger partial charge on any atom is 0.418 e. The number of halogens is 3. The van der Waals surface area contributed by atoms with Crippen molar-refractivity contribution in [3.05, 3.63) is 41.7 Å². The number of fused-ring (bicyclic) bond motifs is 1. The van der Waals surface area contributed by atoms with E-state index in [4.69, 9.17) is 0 Å². The lowest BCUT2D eigenvalue weighted by Gasteiger charge is -2.16. The Kier molecular flexibility index (Phi) is 3.03. The van der Waals surface area contributed by atoms with E-state index >= 15 is 0 Å². The number of rotatable bonds is 1. The number of benzene rings is 1. The third-order valence-electron chi connectivity index (χ3n) is 2.51. The molecule has 2 aromatic rings. The summed E-state index contributed by atoms with van der Waals surface area (Å²) >= 11 is 4.05. The fourth-order valence-electron chi connectivity index (χ4n) is 1.79. The lowest BCUT2D eigenvalue weighted by atomic mass is 10.0. The highest BCUT2D eigenvalue weighted by molar-refractivity contribution is 7.80. The van der Waals surface area contributed by atoms with Crippen LogP contribution in [0, 0.1) is 0 Å². The molecule has 1 heterocycles. The number of aromatic nitrogens is 1. The third kappa shape index (κ3) is 2.24. The van der Waals surface area contributed by atoms with E-state index in [-0.39, 0.29) is 11.1 Å². The van der Waals surface area contributed by atoms with Crippen molar-refractivity contribution >= 4 is 23.4 Å². The standard InChI is InChI=1S/C12H10F3NS/c1-7(17)11-10(12(13,14)15)9-5-3-2-4-8(9)6-16-11/h2-7,17H,1H3. The van der Waals surface area contributed by atoms with Crippen LogP contribution >= 0.6 is 12.6 Å². The second-order valence-electron chi connectivity index (χ2n) is 3.78. The normalized spacial score (nSPS) is 13.9.